The third kappa shape index (κ3) is 4.74. The van der Waals surface area contributed by atoms with E-state index in [-0.39, 0.29) is 10.8 Å². The molecule has 2 heterocycles. The zero-order valence-corrected chi connectivity index (χ0v) is 13.2. The molecule has 2 amide bonds. The maximum absolute atomic E-state index is 12.1. The van der Waals surface area contributed by atoms with E-state index in [1.165, 1.54) is 0 Å². The summed E-state index contributed by atoms with van der Waals surface area (Å²) in [6.07, 6.45) is 7.63. The molecule has 1 fully saturated rings. The zero-order valence-electron chi connectivity index (χ0n) is 12.3. The van der Waals surface area contributed by atoms with Crippen LogP contribution in [0.15, 0.2) is 18.7 Å². The van der Waals surface area contributed by atoms with Crippen molar-refractivity contribution in [3.05, 3.63) is 18.7 Å². The minimum Gasteiger partial charge on any atom is -0.338 e. The minimum absolute atomic E-state index is 0.0843. The predicted molar refractivity (Wildman–Crippen MR) is 83.0 cm³/mol. The number of aromatic nitrogens is 2. The molecule has 0 aromatic carbocycles. The molecule has 1 saturated heterocycles. The quantitative estimate of drug-likeness (QED) is 0.848. The molecule has 0 atom stereocenters. The summed E-state index contributed by atoms with van der Waals surface area (Å²) in [5.74, 6) is 1.03. The van der Waals surface area contributed by atoms with E-state index in [4.69, 9.17) is 0 Å². The van der Waals surface area contributed by atoms with Gasteiger partial charge in [-0.15, -0.1) is 0 Å². The highest BCUT2D eigenvalue weighted by Gasteiger charge is 2.29. The van der Waals surface area contributed by atoms with E-state index in [1.807, 2.05) is 29.2 Å². The van der Waals surface area contributed by atoms with Gasteiger partial charge < -0.3 is 14.8 Å². The molecule has 1 aliphatic heterocycles. The van der Waals surface area contributed by atoms with Crippen molar-refractivity contribution >= 4 is 17.8 Å². The molecule has 0 aliphatic carbocycles. The molecule has 2 rings (SSSR count). The van der Waals surface area contributed by atoms with E-state index in [0.717, 1.165) is 44.8 Å². The maximum Gasteiger partial charge on any atom is 0.317 e. The van der Waals surface area contributed by atoms with Crippen LogP contribution in [0.4, 0.5) is 4.79 Å². The number of nitrogens with zero attached hydrogens (tertiary/aromatic N) is 3. The highest BCUT2D eigenvalue weighted by atomic mass is 32.2. The van der Waals surface area contributed by atoms with Gasteiger partial charge in [0.1, 0.15) is 0 Å². The Morgan fingerprint density at radius 2 is 2.30 bits per heavy atom. The van der Waals surface area contributed by atoms with Gasteiger partial charge in [-0.3, -0.25) is 0 Å². The van der Waals surface area contributed by atoms with Crippen LogP contribution in [0.3, 0.4) is 0 Å². The Labute approximate surface area is 125 Å². The minimum atomic E-state index is 0.0843. The van der Waals surface area contributed by atoms with Crippen molar-refractivity contribution in [2.24, 2.45) is 0 Å². The first-order chi connectivity index (χ1) is 9.57. The van der Waals surface area contributed by atoms with Crippen molar-refractivity contribution < 1.29 is 4.79 Å². The summed E-state index contributed by atoms with van der Waals surface area (Å²) in [7, 11) is 0. The summed E-state index contributed by atoms with van der Waals surface area (Å²) in [6, 6.07) is 0.0843. The molecule has 0 spiro atoms. The number of hydrogen-bond acceptors (Lipinski definition) is 3. The molecule has 6 heteroatoms. The first-order valence-electron chi connectivity index (χ1n) is 7.19. The molecule has 1 aromatic heterocycles. The standard InChI is InChI=1S/C14H24N4OS/c1-14(2)11-18(9-10-20-14)13(19)16-5-3-4-7-17-8-6-15-12-17/h6,8,12H,3-5,7,9-11H2,1-2H3,(H,16,19). The Morgan fingerprint density at radius 3 is 3.00 bits per heavy atom. The average molecular weight is 296 g/mol. The van der Waals surface area contributed by atoms with Crippen LogP contribution in [0.25, 0.3) is 0 Å². The molecule has 1 aromatic rings. The van der Waals surface area contributed by atoms with Crippen molar-refractivity contribution in [1.29, 1.82) is 0 Å². The van der Waals surface area contributed by atoms with Gasteiger partial charge in [0.15, 0.2) is 0 Å². The van der Waals surface area contributed by atoms with Crippen LogP contribution in [-0.4, -0.2) is 50.6 Å². The molecule has 1 aliphatic rings. The van der Waals surface area contributed by atoms with Crippen LogP contribution in [0.1, 0.15) is 26.7 Å². The van der Waals surface area contributed by atoms with Gasteiger partial charge in [-0.05, 0) is 26.7 Å². The van der Waals surface area contributed by atoms with Gasteiger partial charge in [0.05, 0.1) is 6.33 Å². The van der Waals surface area contributed by atoms with Crippen molar-refractivity contribution in [3.63, 3.8) is 0 Å². The smallest absolute Gasteiger partial charge is 0.317 e. The highest BCUT2D eigenvalue weighted by Crippen LogP contribution is 2.29. The highest BCUT2D eigenvalue weighted by molar-refractivity contribution is 8.00. The topological polar surface area (TPSA) is 50.2 Å². The Kier molecular flexibility index (Phi) is 5.34. The lowest BCUT2D eigenvalue weighted by Gasteiger charge is -2.37. The zero-order chi connectivity index (χ0) is 14.4. The van der Waals surface area contributed by atoms with Crippen LogP contribution < -0.4 is 5.32 Å². The SMILES string of the molecule is CC1(C)CN(C(=O)NCCCCn2ccnc2)CCS1. The lowest BCUT2D eigenvalue weighted by Crippen LogP contribution is -2.50. The summed E-state index contributed by atoms with van der Waals surface area (Å²) in [6.45, 7) is 7.79. The van der Waals surface area contributed by atoms with Crippen LogP contribution in [-0.2, 0) is 6.54 Å². The molecule has 0 radical (unpaired) electrons. The van der Waals surface area contributed by atoms with Gasteiger partial charge in [0.2, 0.25) is 0 Å². The molecule has 0 saturated carbocycles. The Balaban J connectivity index is 1.60. The number of thioether (sulfide) groups is 1. The predicted octanol–water partition coefficient (Wildman–Crippen LogP) is 2.20. The number of unbranched alkanes of at least 4 members (excludes halogenated alkanes) is 1. The number of amides is 2. The molecule has 112 valence electrons. The molecule has 1 N–H and O–H groups in total. The van der Waals surface area contributed by atoms with Crippen molar-refractivity contribution in [3.8, 4) is 0 Å². The number of carbonyl (C=O) groups excluding carboxylic acids is 1. The van der Waals surface area contributed by atoms with Crippen LogP contribution in [0.5, 0.6) is 0 Å². The third-order valence-corrected chi connectivity index (χ3v) is 4.69. The largest absolute Gasteiger partial charge is 0.338 e. The molecule has 20 heavy (non-hydrogen) atoms. The van der Waals surface area contributed by atoms with Gasteiger partial charge in [-0.2, -0.15) is 11.8 Å². The van der Waals surface area contributed by atoms with Crippen LogP contribution in [0, 0.1) is 0 Å². The number of aryl methyl sites for hydroxylation is 1. The molecule has 0 bridgehead atoms. The summed E-state index contributed by atoms with van der Waals surface area (Å²) >= 11 is 1.94. The summed E-state index contributed by atoms with van der Waals surface area (Å²) in [5.41, 5.74) is 0. The molecular formula is C14H24N4OS. The second kappa shape index (κ2) is 7.02. The first kappa shape index (κ1) is 15.2. The van der Waals surface area contributed by atoms with Crippen molar-refractivity contribution in [2.45, 2.75) is 38.0 Å². The van der Waals surface area contributed by atoms with Crippen LogP contribution in [0.2, 0.25) is 0 Å². The summed E-state index contributed by atoms with van der Waals surface area (Å²) < 4.78 is 2.24. The van der Waals surface area contributed by atoms with Gasteiger partial charge in [0.25, 0.3) is 0 Å². The fourth-order valence-electron chi connectivity index (χ4n) is 2.34. The van der Waals surface area contributed by atoms with Crippen molar-refractivity contribution in [1.82, 2.24) is 19.8 Å². The third-order valence-electron chi connectivity index (χ3n) is 3.39. The average Bonchev–Trinajstić information content (AvgIpc) is 2.90. The number of rotatable bonds is 5. The molecule has 5 nitrogen and oxygen atoms in total. The number of carbonyl (C=O) groups is 1. The van der Waals surface area contributed by atoms with E-state index in [1.54, 1.807) is 6.20 Å². The summed E-state index contributed by atoms with van der Waals surface area (Å²) in [4.78, 5) is 18.0. The number of urea groups is 1. The second-order valence-electron chi connectivity index (χ2n) is 5.77. The van der Waals surface area contributed by atoms with Gasteiger partial charge in [0, 0.05) is 49.1 Å². The first-order valence-corrected chi connectivity index (χ1v) is 8.18. The summed E-state index contributed by atoms with van der Waals surface area (Å²) in [5, 5.41) is 3.02. The fourth-order valence-corrected chi connectivity index (χ4v) is 3.45. The normalized spacial score (nSPS) is 18.0. The Bertz CT molecular complexity index is 419. The maximum atomic E-state index is 12.1. The van der Waals surface area contributed by atoms with Gasteiger partial charge >= 0.3 is 6.03 Å². The molecular weight excluding hydrogens is 272 g/mol. The fraction of sp³-hybridized carbons (Fsp3) is 0.714. The van der Waals surface area contributed by atoms with E-state index in [2.05, 4.69) is 28.7 Å². The second-order valence-corrected chi connectivity index (χ2v) is 7.57. The van der Waals surface area contributed by atoms with Gasteiger partial charge in [-0.1, -0.05) is 0 Å². The Hall–Kier alpha value is -1.17. The van der Waals surface area contributed by atoms with E-state index in [0.29, 0.717) is 0 Å². The number of hydrogen-bond donors (Lipinski definition) is 1. The monoisotopic (exact) mass is 296 g/mol. The Morgan fingerprint density at radius 1 is 1.45 bits per heavy atom. The number of nitrogens with one attached hydrogen (secondary N) is 1. The molecule has 0 unspecified atom stereocenters. The van der Waals surface area contributed by atoms with E-state index in [9.17, 15) is 4.79 Å². The van der Waals surface area contributed by atoms with Crippen LogP contribution >= 0.6 is 11.8 Å². The lowest BCUT2D eigenvalue weighted by atomic mass is 10.2. The van der Waals surface area contributed by atoms with Crippen molar-refractivity contribution in [2.75, 3.05) is 25.4 Å². The van der Waals surface area contributed by atoms with E-state index >= 15 is 0 Å². The lowest BCUT2D eigenvalue weighted by molar-refractivity contribution is 0.194. The van der Waals surface area contributed by atoms with Gasteiger partial charge in [-0.25, -0.2) is 9.78 Å². The number of imidazole rings is 1. The van der Waals surface area contributed by atoms with E-state index < -0.39 is 0 Å².